The lowest BCUT2D eigenvalue weighted by atomic mass is 9.93. The fourth-order valence-electron chi connectivity index (χ4n) is 2.66. The molecule has 0 aromatic carbocycles. The van der Waals surface area contributed by atoms with Crippen molar-refractivity contribution in [1.29, 1.82) is 0 Å². The number of rotatable bonds is 8. The first-order valence-electron chi connectivity index (χ1n) is 7.35. The maximum atomic E-state index is 12.0. The summed E-state index contributed by atoms with van der Waals surface area (Å²) in [6, 6.07) is -0.125. The summed E-state index contributed by atoms with van der Waals surface area (Å²) in [5, 5.41) is 14.8. The second kappa shape index (κ2) is 8.39. The fourth-order valence-corrected chi connectivity index (χ4v) is 3.47. The van der Waals surface area contributed by atoms with Crippen LogP contribution in [-0.4, -0.2) is 40.2 Å². The van der Waals surface area contributed by atoms with E-state index in [9.17, 15) is 9.59 Å². The third-order valence-corrected chi connectivity index (χ3v) is 4.64. The van der Waals surface area contributed by atoms with Crippen LogP contribution in [0.5, 0.6) is 0 Å². The Balaban J connectivity index is 2.40. The monoisotopic (exact) mass is 302 g/mol. The number of carboxylic acid groups (broad SMARTS) is 1. The molecule has 0 heterocycles. The van der Waals surface area contributed by atoms with Crippen molar-refractivity contribution in [1.82, 2.24) is 10.6 Å². The highest BCUT2D eigenvalue weighted by atomic mass is 32.2. The van der Waals surface area contributed by atoms with Gasteiger partial charge in [0.2, 0.25) is 0 Å². The number of thioether (sulfide) groups is 1. The SMILES string of the molecule is CCSCCC(C)NC(=O)NC1(CC(=O)O)CCCC1. The highest BCUT2D eigenvalue weighted by Crippen LogP contribution is 2.32. The van der Waals surface area contributed by atoms with Crippen LogP contribution in [-0.2, 0) is 4.79 Å². The van der Waals surface area contributed by atoms with Gasteiger partial charge in [0.15, 0.2) is 0 Å². The Kier molecular flexibility index (Phi) is 7.19. The Morgan fingerprint density at radius 3 is 2.55 bits per heavy atom. The van der Waals surface area contributed by atoms with E-state index in [0.717, 1.165) is 43.6 Å². The van der Waals surface area contributed by atoms with Crippen LogP contribution in [0.2, 0.25) is 0 Å². The Labute approximate surface area is 125 Å². The van der Waals surface area contributed by atoms with Gasteiger partial charge in [-0.1, -0.05) is 19.8 Å². The molecule has 1 saturated carbocycles. The molecular weight excluding hydrogens is 276 g/mol. The molecule has 6 heteroatoms. The number of nitrogens with one attached hydrogen (secondary N) is 2. The third-order valence-electron chi connectivity index (χ3n) is 3.71. The summed E-state index contributed by atoms with van der Waals surface area (Å²) in [4.78, 5) is 23.0. The van der Waals surface area contributed by atoms with Crippen LogP contribution in [0.1, 0.15) is 52.4 Å². The maximum absolute atomic E-state index is 12.0. The van der Waals surface area contributed by atoms with Crippen LogP contribution in [0.15, 0.2) is 0 Å². The molecule has 0 radical (unpaired) electrons. The molecule has 1 aliphatic rings. The van der Waals surface area contributed by atoms with Gasteiger partial charge in [0.25, 0.3) is 0 Å². The van der Waals surface area contributed by atoms with Crippen molar-refractivity contribution in [3.8, 4) is 0 Å². The lowest BCUT2D eigenvalue weighted by Crippen LogP contribution is -2.53. The zero-order valence-electron chi connectivity index (χ0n) is 12.4. The first-order chi connectivity index (χ1) is 9.47. The minimum atomic E-state index is -0.848. The van der Waals surface area contributed by atoms with Crippen LogP contribution < -0.4 is 10.6 Å². The molecule has 0 aliphatic heterocycles. The summed E-state index contributed by atoms with van der Waals surface area (Å²) in [6.45, 7) is 4.10. The van der Waals surface area contributed by atoms with E-state index >= 15 is 0 Å². The first-order valence-corrected chi connectivity index (χ1v) is 8.51. The maximum Gasteiger partial charge on any atom is 0.315 e. The minimum Gasteiger partial charge on any atom is -0.481 e. The van der Waals surface area contributed by atoms with Gasteiger partial charge in [-0.2, -0.15) is 11.8 Å². The van der Waals surface area contributed by atoms with Crippen molar-refractivity contribution >= 4 is 23.8 Å². The molecule has 1 fully saturated rings. The number of urea groups is 1. The highest BCUT2D eigenvalue weighted by Gasteiger charge is 2.37. The molecule has 116 valence electrons. The molecule has 3 N–H and O–H groups in total. The zero-order chi connectivity index (χ0) is 15.0. The van der Waals surface area contributed by atoms with Gasteiger partial charge in [0, 0.05) is 6.04 Å². The van der Waals surface area contributed by atoms with Crippen LogP contribution in [0.4, 0.5) is 4.79 Å². The highest BCUT2D eigenvalue weighted by molar-refractivity contribution is 7.99. The Morgan fingerprint density at radius 2 is 2.00 bits per heavy atom. The van der Waals surface area contributed by atoms with Crippen LogP contribution >= 0.6 is 11.8 Å². The molecule has 1 aliphatic carbocycles. The normalized spacial score (nSPS) is 18.5. The van der Waals surface area contributed by atoms with E-state index in [-0.39, 0.29) is 18.5 Å². The molecule has 0 aromatic heterocycles. The standard InChI is InChI=1S/C14H26N2O3S/c1-3-20-9-6-11(2)15-13(19)16-14(10-12(17)18)7-4-5-8-14/h11H,3-10H2,1-2H3,(H,17,18)(H2,15,16,19). The van der Waals surface area contributed by atoms with Crippen molar-refractivity contribution < 1.29 is 14.7 Å². The molecule has 20 heavy (non-hydrogen) atoms. The van der Waals surface area contributed by atoms with Crippen molar-refractivity contribution in [2.45, 2.75) is 64.0 Å². The smallest absolute Gasteiger partial charge is 0.315 e. The Hall–Kier alpha value is -0.910. The fraction of sp³-hybridized carbons (Fsp3) is 0.857. The van der Waals surface area contributed by atoms with Crippen LogP contribution in [0, 0.1) is 0 Å². The number of carboxylic acids is 1. The summed E-state index contributed by atoms with van der Waals surface area (Å²) in [5.41, 5.74) is -0.548. The summed E-state index contributed by atoms with van der Waals surface area (Å²) in [5.74, 6) is 1.26. The lowest BCUT2D eigenvalue weighted by Gasteiger charge is -2.29. The van der Waals surface area contributed by atoms with E-state index in [2.05, 4.69) is 17.6 Å². The quantitative estimate of drug-likeness (QED) is 0.602. The van der Waals surface area contributed by atoms with Crippen molar-refractivity contribution in [3.05, 3.63) is 0 Å². The van der Waals surface area contributed by atoms with E-state index in [0.29, 0.717) is 0 Å². The topological polar surface area (TPSA) is 78.4 Å². The predicted octanol–water partition coefficient (Wildman–Crippen LogP) is 2.60. The molecule has 2 amide bonds. The summed E-state index contributed by atoms with van der Waals surface area (Å²) >= 11 is 1.85. The van der Waals surface area contributed by atoms with Gasteiger partial charge in [-0.3, -0.25) is 4.79 Å². The van der Waals surface area contributed by atoms with E-state index < -0.39 is 11.5 Å². The van der Waals surface area contributed by atoms with Gasteiger partial charge < -0.3 is 15.7 Å². The largest absolute Gasteiger partial charge is 0.481 e. The molecule has 0 spiro atoms. The molecule has 1 rings (SSSR count). The second-order valence-corrected chi connectivity index (χ2v) is 6.94. The lowest BCUT2D eigenvalue weighted by molar-refractivity contribution is -0.138. The molecule has 1 unspecified atom stereocenters. The van der Waals surface area contributed by atoms with E-state index in [1.54, 1.807) is 0 Å². The first kappa shape index (κ1) is 17.1. The summed E-state index contributed by atoms with van der Waals surface area (Å²) in [6.07, 6.45) is 4.42. The van der Waals surface area contributed by atoms with E-state index in [4.69, 9.17) is 5.11 Å². The van der Waals surface area contributed by atoms with Crippen molar-refractivity contribution in [2.75, 3.05) is 11.5 Å². The summed E-state index contributed by atoms with van der Waals surface area (Å²) in [7, 11) is 0. The summed E-state index contributed by atoms with van der Waals surface area (Å²) < 4.78 is 0. The number of aliphatic carboxylic acids is 1. The molecule has 0 saturated heterocycles. The second-order valence-electron chi connectivity index (χ2n) is 5.54. The average molecular weight is 302 g/mol. The van der Waals surface area contributed by atoms with Gasteiger partial charge in [-0.15, -0.1) is 0 Å². The van der Waals surface area contributed by atoms with Crippen LogP contribution in [0.25, 0.3) is 0 Å². The number of hydrogen-bond donors (Lipinski definition) is 3. The van der Waals surface area contributed by atoms with Crippen molar-refractivity contribution in [2.24, 2.45) is 0 Å². The zero-order valence-corrected chi connectivity index (χ0v) is 13.2. The molecule has 5 nitrogen and oxygen atoms in total. The van der Waals surface area contributed by atoms with Crippen molar-refractivity contribution in [3.63, 3.8) is 0 Å². The van der Waals surface area contributed by atoms with Crippen LogP contribution in [0.3, 0.4) is 0 Å². The number of carbonyl (C=O) groups excluding carboxylic acids is 1. The van der Waals surface area contributed by atoms with E-state index in [1.807, 2.05) is 18.7 Å². The number of amides is 2. The Morgan fingerprint density at radius 1 is 1.35 bits per heavy atom. The predicted molar refractivity (Wildman–Crippen MR) is 82.2 cm³/mol. The average Bonchev–Trinajstić information content (AvgIpc) is 2.76. The van der Waals surface area contributed by atoms with Gasteiger partial charge in [0.05, 0.1) is 12.0 Å². The number of hydrogen-bond acceptors (Lipinski definition) is 3. The minimum absolute atomic E-state index is 0.0144. The Bertz CT molecular complexity index is 330. The molecule has 1 atom stereocenters. The van der Waals surface area contributed by atoms with Gasteiger partial charge in [0.1, 0.15) is 0 Å². The van der Waals surface area contributed by atoms with Gasteiger partial charge in [-0.25, -0.2) is 4.79 Å². The molecule has 0 bridgehead atoms. The third kappa shape index (κ3) is 6.03. The molecular formula is C14H26N2O3S. The van der Waals surface area contributed by atoms with E-state index in [1.165, 1.54) is 0 Å². The number of carbonyl (C=O) groups is 2. The molecule has 0 aromatic rings. The van der Waals surface area contributed by atoms with Gasteiger partial charge >= 0.3 is 12.0 Å². The van der Waals surface area contributed by atoms with Gasteiger partial charge in [-0.05, 0) is 37.7 Å².